The summed E-state index contributed by atoms with van der Waals surface area (Å²) in [5.41, 5.74) is 1.56. The van der Waals surface area contributed by atoms with Gasteiger partial charge in [0, 0.05) is 24.3 Å². The molecule has 100 valence electrons. The molecule has 0 atom stereocenters. The molecule has 1 heterocycles. The average molecular weight is 250 g/mol. The zero-order chi connectivity index (χ0) is 13.5. The minimum absolute atomic E-state index is 0.104. The first-order valence-corrected chi connectivity index (χ1v) is 6.47. The standard InChI is InChI=1S/C14H22N2O2/c1-4-13(5-2)16(6-7-17)14-11(3)8-12(10-18)9-15-14/h8-10,13,17H,4-7H2,1-3H3. The normalized spacial score (nSPS) is 10.7. The Labute approximate surface area is 109 Å². The zero-order valence-electron chi connectivity index (χ0n) is 11.4. The Bertz CT molecular complexity index is 389. The molecular weight excluding hydrogens is 228 g/mol. The summed E-state index contributed by atoms with van der Waals surface area (Å²) in [6, 6.07) is 2.20. The van der Waals surface area contributed by atoms with Gasteiger partial charge in [0.05, 0.1) is 6.61 Å². The van der Waals surface area contributed by atoms with E-state index in [0.717, 1.165) is 30.5 Å². The number of aryl methyl sites for hydroxylation is 1. The van der Waals surface area contributed by atoms with Gasteiger partial charge in [0.25, 0.3) is 0 Å². The van der Waals surface area contributed by atoms with Gasteiger partial charge in [0.2, 0.25) is 0 Å². The van der Waals surface area contributed by atoms with Crippen molar-refractivity contribution in [1.82, 2.24) is 4.98 Å². The third-order valence-electron chi connectivity index (χ3n) is 3.20. The van der Waals surface area contributed by atoms with Crippen molar-refractivity contribution < 1.29 is 9.90 Å². The number of pyridine rings is 1. The molecule has 1 rings (SSSR count). The highest BCUT2D eigenvalue weighted by molar-refractivity contribution is 5.75. The Morgan fingerprint density at radius 3 is 2.56 bits per heavy atom. The van der Waals surface area contributed by atoms with Gasteiger partial charge in [-0.2, -0.15) is 0 Å². The molecule has 1 N–H and O–H groups in total. The van der Waals surface area contributed by atoms with E-state index < -0.39 is 0 Å². The van der Waals surface area contributed by atoms with Gasteiger partial charge in [-0.05, 0) is 31.4 Å². The summed E-state index contributed by atoms with van der Waals surface area (Å²) in [7, 11) is 0. The lowest BCUT2D eigenvalue weighted by atomic mass is 10.1. The van der Waals surface area contributed by atoms with Gasteiger partial charge >= 0.3 is 0 Å². The summed E-state index contributed by atoms with van der Waals surface area (Å²) >= 11 is 0. The number of nitrogens with zero attached hydrogens (tertiary/aromatic N) is 2. The van der Waals surface area contributed by atoms with Gasteiger partial charge < -0.3 is 10.0 Å². The van der Waals surface area contributed by atoms with Crippen LogP contribution in [0.15, 0.2) is 12.3 Å². The van der Waals surface area contributed by atoms with Crippen molar-refractivity contribution in [3.05, 3.63) is 23.4 Å². The highest BCUT2D eigenvalue weighted by Gasteiger charge is 2.18. The summed E-state index contributed by atoms with van der Waals surface area (Å²) in [6.45, 7) is 6.89. The number of hydrogen-bond acceptors (Lipinski definition) is 4. The molecule has 4 nitrogen and oxygen atoms in total. The fourth-order valence-corrected chi connectivity index (χ4v) is 2.25. The molecule has 0 saturated carbocycles. The quantitative estimate of drug-likeness (QED) is 0.754. The maximum Gasteiger partial charge on any atom is 0.151 e. The van der Waals surface area contributed by atoms with E-state index in [1.54, 1.807) is 6.20 Å². The minimum atomic E-state index is 0.104. The van der Waals surface area contributed by atoms with E-state index in [2.05, 4.69) is 23.7 Å². The van der Waals surface area contributed by atoms with Crippen LogP contribution >= 0.6 is 0 Å². The zero-order valence-corrected chi connectivity index (χ0v) is 11.4. The van der Waals surface area contributed by atoms with Crippen LogP contribution in [0.2, 0.25) is 0 Å². The van der Waals surface area contributed by atoms with Crippen LogP contribution in [0.4, 0.5) is 5.82 Å². The predicted octanol–water partition coefficient (Wildman–Crippen LogP) is 2.19. The van der Waals surface area contributed by atoms with Crippen LogP contribution in [0.1, 0.15) is 42.6 Å². The first-order chi connectivity index (χ1) is 8.67. The summed E-state index contributed by atoms with van der Waals surface area (Å²) in [4.78, 5) is 17.2. The molecule has 0 aliphatic heterocycles. The smallest absolute Gasteiger partial charge is 0.151 e. The van der Waals surface area contributed by atoms with E-state index in [4.69, 9.17) is 0 Å². The molecule has 0 aliphatic carbocycles. The SMILES string of the molecule is CCC(CC)N(CCO)c1ncc(C=O)cc1C. The summed E-state index contributed by atoms with van der Waals surface area (Å²) in [5.74, 6) is 0.864. The third-order valence-corrected chi connectivity index (χ3v) is 3.20. The average Bonchev–Trinajstić information content (AvgIpc) is 2.39. The second kappa shape index (κ2) is 7.11. The van der Waals surface area contributed by atoms with Crippen molar-refractivity contribution in [2.45, 2.75) is 39.7 Å². The molecule has 0 saturated heterocycles. The van der Waals surface area contributed by atoms with Crippen molar-refractivity contribution in [2.75, 3.05) is 18.1 Å². The number of carbonyl (C=O) groups is 1. The van der Waals surface area contributed by atoms with Gasteiger partial charge in [-0.15, -0.1) is 0 Å². The Morgan fingerprint density at radius 1 is 1.44 bits per heavy atom. The van der Waals surface area contributed by atoms with Crippen LogP contribution in [0, 0.1) is 6.92 Å². The molecule has 18 heavy (non-hydrogen) atoms. The van der Waals surface area contributed by atoms with E-state index in [-0.39, 0.29) is 6.61 Å². The second-order valence-electron chi connectivity index (χ2n) is 4.41. The summed E-state index contributed by atoms with van der Waals surface area (Å²) in [5, 5.41) is 9.20. The molecule has 0 aliphatic rings. The maximum absolute atomic E-state index is 10.7. The topological polar surface area (TPSA) is 53.4 Å². The minimum Gasteiger partial charge on any atom is -0.395 e. The number of carbonyl (C=O) groups excluding carboxylic acids is 1. The van der Waals surface area contributed by atoms with Crippen molar-refractivity contribution in [2.24, 2.45) is 0 Å². The molecule has 0 spiro atoms. The van der Waals surface area contributed by atoms with Crippen LogP contribution in [-0.2, 0) is 0 Å². The molecular formula is C14H22N2O2. The van der Waals surface area contributed by atoms with Crippen LogP contribution in [0.3, 0.4) is 0 Å². The van der Waals surface area contributed by atoms with E-state index >= 15 is 0 Å². The highest BCUT2D eigenvalue weighted by atomic mass is 16.3. The number of anilines is 1. The van der Waals surface area contributed by atoms with Gasteiger partial charge in [0.1, 0.15) is 5.82 Å². The highest BCUT2D eigenvalue weighted by Crippen LogP contribution is 2.22. The second-order valence-corrected chi connectivity index (χ2v) is 4.41. The van der Waals surface area contributed by atoms with Crippen molar-refractivity contribution in [3.8, 4) is 0 Å². The number of hydrogen-bond donors (Lipinski definition) is 1. The number of aliphatic hydroxyl groups is 1. The van der Waals surface area contributed by atoms with Crippen molar-refractivity contribution >= 4 is 12.1 Å². The molecule has 1 aromatic rings. The van der Waals surface area contributed by atoms with Crippen molar-refractivity contribution in [3.63, 3.8) is 0 Å². The van der Waals surface area contributed by atoms with E-state index in [1.165, 1.54) is 0 Å². The lowest BCUT2D eigenvalue weighted by Gasteiger charge is -2.32. The van der Waals surface area contributed by atoms with Crippen LogP contribution in [-0.4, -0.2) is 35.6 Å². The first kappa shape index (κ1) is 14.6. The lowest BCUT2D eigenvalue weighted by molar-refractivity contribution is 0.112. The summed E-state index contributed by atoms with van der Waals surface area (Å²) < 4.78 is 0. The molecule has 0 radical (unpaired) electrons. The van der Waals surface area contributed by atoms with E-state index in [0.29, 0.717) is 18.2 Å². The van der Waals surface area contributed by atoms with Gasteiger partial charge in [-0.1, -0.05) is 13.8 Å². The number of aliphatic hydroxyl groups excluding tert-OH is 1. The van der Waals surface area contributed by atoms with E-state index in [9.17, 15) is 9.90 Å². The van der Waals surface area contributed by atoms with Crippen LogP contribution < -0.4 is 4.90 Å². The largest absolute Gasteiger partial charge is 0.395 e. The van der Waals surface area contributed by atoms with Crippen molar-refractivity contribution in [1.29, 1.82) is 0 Å². The predicted molar refractivity (Wildman–Crippen MR) is 73.2 cm³/mol. The number of aromatic nitrogens is 1. The van der Waals surface area contributed by atoms with Gasteiger partial charge in [0.15, 0.2) is 6.29 Å². The molecule has 0 aromatic carbocycles. The third kappa shape index (κ3) is 3.29. The summed E-state index contributed by atoms with van der Waals surface area (Å²) in [6.07, 6.45) is 4.40. The van der Waals surface area contributed by atoms with Gasteiger partial charge in [-0.3, -0.25) is 4.79 Å². The van der Waals surface area contributed by atoms with Crippen LogP contribution in [0.5, 0.6) is 0 Å². The molecule has 4 heteroatoms. The molecule has 0 bridgehead atoms. The fourth-order valence-electron chi connectivity index (χ4n) is 2.25. The molecule has 1 aromatic heterocycles. The van der Waals surface area contributed by atoms with Gasteiger partial charge in [-0.25, -0.2) is 4.98 Å². The molecule has 0 amide bonds. The first-order valence-electron chi connectivity index (χ1n) is 6.47. The molecule has 0 unspecified atom stereocenters. The molecule has 0 fully saturated rings. The lowest BCUT2D eigenvalue weighted by Crippen LogP contribution is -2.37. The van der Waals surface area contributed by atoms with Crippen LogP contribution in [0.25, 0.3) is 0 Å². The maximum atomic E-state index is 10.7. The Hall–Kier alpha value is -1.42. The number of rotatable bonds is 7. The Balaban J connectivity index is 3.08. The Morgan fingerprint density at radius 2 is 2.11 bits per heavy atom. The Kier molecular flexibility index (Phi) is 5.78. The number of aldehydes is 1. The monoisotopic (exact) mass is 250 g/mol. The van der Waals surface area contributed by atoms with E-state index in [1.807, 2.05) is 13.0 Å². The fraction of sp³-hybridized carbons (Fsp3) is 0.571.